The van der Waals surface area contributed by atoms with Gasteiger partial charge in [-0.2, -0.15) is 0 Å². The Kier molecular flexibility index (Phi) is 4.59. The van der Waals surface area contributed by atoms with Crippen molar-refractivity contribution in [3.05, 3.63) is 63.7 Å². The molecular formula is C19H16ClNO4. The van der Waals surface area contributed by atoms with E-state index in [0.717, 1.165) is 16.0 Å². The second-order valence-corrected chi connectivity index (χ2v) is 6.38. The molecule has 0 bridgehead atoms. The Morgan fingerprint density at radius 2 is 1.64 bits per heavy atom. The van der Waals surface area contributed by atoms with E-state index in [1.807, 2.05) is 13.8 Å². The minimum Gasteiger partial charge on any atom is -0.425 e. The van der Waals surface area contributed by atoms with Gasteiger partial charge in [-0.05, 0) is 43.7 Å². The highest BCUT2D eigenvalue weighted by molar-refractivity contribution is 6.32. The first kappa shape index (κ1) is 17.2. The number of hydrogen-bond acceptors (Lipinski definition) is 4. The largest absolute Gasteiger partial charge is 0.425 e. The number of nitrogens with zero attached hydrogens (tertiary/aromatic N) is 1. The topological polar surface area (TPSA) is 63.7 Å². The van der Waals surface area contributed by atoms with Gasteiger partial charge in [0.2, 0.25) is 0 Å². The highest BCUT2D eigenvalue weighted by Gasteiger charge is 2.35. The van der Waals surface area contributed by atoms with Gasteiger partial charge in [-0.15, -0.1) is 0 Å². The standard InChI is InChI=1S/C19H16ClNO4/c1-11-3-5-13-14(9-11)19(24)21(18(13)23)8-7-17(22)25-16-10-12(2)4-6-15(16)20/h3-6,9-10H,7-8H2,1-2H3. The molecule has 0 aromatic heterocycles. The molecule has 0 aliphatic carbocycles. The van der Waals surface area contributed by atoms with Gasteiger partial charge in [0.05, 0.1) is 22.6 Å². The number of halogens is 1. The summed E-state index contributed by atoms with van der Waals surface area (Å²) in [5.41, 5.74) is 2.55. The van der Waals surface area contributed by atoms with Gasteiger partial charge >= 0.3 is 5.97 Å². The molecule has 3 rings (SSSR count). The summed E-state index contributed by atoms with van der Waals surface area (Å²) < 4.78 is 5.23. The molecule has 2 aromatic rings. The highest BCUT2D eigenvalue weighted by Crippen LogP contribution is 2.26. The summed E-state index contributed by atoms with van der Waals surface area (Å²) in [7, 11) is 0. The third-order valence-electron chi connectivity index (χ3n) is 3.98. The Balaban J connectivity index is 1.66. The van der Waals surface area contributed by atoms with Crippen LogP contribution in [0.25, 0.3) is 0 Å². The zero-order valence-electron chi connectivity index (χ0n) is 13.8. The van der Waals surface area contributed by atoms with Gasteiger partial charge in [-0.1, -0.05) is 29.3 Å². The molecular weight excluding hydrogens is 342 g/mol. The molecule has 25 heavy (non-hydrogen) atoms. The van der Waals surface area contributed by atoms with Crippen molar-refractivity contribution in [2.75, 3.05) is 6.54 Å². The number of carbonyl (C=O) groups is 3. The maximum Gasteiger partial charge on any atom is 0.313 e. The van der Waals surface area contributed by atoms with E-state index in [-0.39, 0.29) is 30.5 Å². The average Bonchev–Trinajstić information content (AvgIpc) is 2.80. The van der Waals surface area contributed by atoms with Gasteiger partial charge in [0.25, 0.3) is 11.8 Å². The lowest BCUT2D eigenvalue weighted by molar-refractivity contribution is -0.134. The van der Waals surface area contributed by atoms with Crippen LogP contribution in [0, 0.1) is 13.8 Å². The molecule has 0 atom stereocenters. The van der Waals surface area contributed by atoms with Gasteiger partial charge in [-0.3, -0.25) is 19.3 Å². The molecule has 5 nitrogen and oxygen atoms in total. The van der Waals surface area contributed by atoms with Gasteiger partial charge < -0.3 is 4.74 Å². The summed E-state index contributed by atoms with van der Waals surface area (Å²) in [4.78, 5) is 37.8. The number of benzene rings is 2. The van der Waals surface area contributed by atoms with Crippen LogP contribution < -0.4 is 4.74 Å². The molecule has 1 heterocycles. The molecule has 2 aromatic carbocycles. The van der Waals surface area contributed by atoms with Crippen molar-refractivity contribution in [1.82, 2.24) is 4.90 Å². The van der Waals surface area contributed by atoms with Crippen LogP contribution in [0.15, 0.2) is 36.4 Å². The van der Waals surface area contributed by atoms with E-state index < -0.39 is 5.97 Å². The van der Waals surface area contributed by atoms with Crippen LogP contribution >= 0.6 is 11.6 Å². The highest BCUT2D eigenvalue weighted by atomic mass is 35.5. The van der Waals surface area contributed by atoms with Crippen LogP contribution in [-0.2, 0) is 4.79 Å². The molecule has 0 spiro atoms. The van der Waals surface area contributed by atoms with Crippen LogP contribution in [0.2, 0.25) is 5.02 Å². The molecule has 0 saturated heterocycles. The van der Waals surface area contributed by atoms with Crippen LogP contribution in [-0.4, -0.2) is 29.2 Å². The molecule has 0 unspecified atom stereocenters. The van der Waals surface area contributed by atoms with Crippen molar-refractivity contribution in [1.29, 1.82) is 0 Å². The molecule has 128 valence electrons. The number of esters is 1. The van der Waals surface area contributed by atoms with Crippen molar-refractivity contribution in [2.24, 2.45) is 0 Å². The third-order valence-corrected chi connectivity index (χ3v) is 4.29. The predicted molar refractivity (Wildman–Crippen MR) is 93.0 cm³/mol. The molecule has 2 amide bonds. The van der Waals surface area contributed by atoms with Crippen molar-refractivity contribution in [3.8, 4) is 5.75 Å². The molecule has 0 saturated carbocycles. The van der Waals surface area contributed by atoms with Gasteiger partial charge in [0.15, 0.2) is 0 Å². The molecule has 0 fully saturated rings. The number of rotatable bonds is 4. The zero-order valence-corrected chi connectivity index (χ0v) is 14.6. The number of amides is 2. The van der Waals surface area contributed by atoms with E-state index >= 15 is 0 Å². The fourth-order valence-electron chi connectivity index (χ4n) is 2.67. The maximum atomic E-state index is 12.4. The molecule has 0 N–H and O–H groups in total. The summed E-state index contributed by atoms with van der Waals surface area (Å²) in [6, 6.07) is 10.2. The fraction of sp³-hybridized carbons (Fsp3) is 0.211. The monoisotopic (exact) mass is 357 g/mol. The predicted octanol–water partition coefficient (Wildman–Crippen LogP) is 3.55. The summed E-state index contributed by atoms with van der Waals surface area (Å²) in [5, 5.41) is 0.329. The lowest BCUT2D eigenvalue weighted by Crippen LogP contribution is -2.32. The number of fused-ring (bicyclic) bond motifs is 1. The molecule has 0 radical (unpaired) electrons. The SMILES string of the molecule is Cc1ccc(Cl)c(OC(=O)CCN2C(=O)c3ccc(C)cc3C2=O)c1. The Hall–Kier alpha value is -2.66. The van der Waals surface area contributed by atoms with E-state index in [1.165, 1.54) is 0 Å². The smallest absolute Gasteiger partial charge is 0.313 e. The maximum absolute atomic E-state index is 12.4. The minimum atomic E-state index is -0.555. The normalized spacial score (nSPS) is 13.2. The number of carbonyl (C=O) groups excluding carboxylic acids is 3. The first-order valence-corrected chi connectivity index (χ1v) is 8.18. The zero-order chi connectivity index (χ0) is 18.1. The van der Waals surface area contributed by atoms with E-state index in [9.17, 15) is 14.4 Å². The number of hydrogen-bond donors (Lipinski definition) is 0. The van der Waals surface area contributed by atoms with Crippen molar-refractivity contribution in [3.63, 3.8) is 0 Å². The average molecular weight is 358 g/mol. The first-order valence-electron chi connectivity index (χ1n) is 7.80. The third kappa shape index (κ3) is 3.42. The summed E-state index contributed by atoms with van der Waals surface area (Å²) in [6.45, 7) is 3.67. The van der Waals surface area contributed by atoms with Crippen molar-refractivity contribution >= 4 is 29.4 Å². The Morgan fingerprint density at radius 3 is 2.40 bits per heavy atom. The summed E-state index contributed by atoms with van der Waals surface area (Å²) in [5.74, 6) is -1.06. The van der Waals surface area contributed by atoms with Gasteiger partial charge in [0, 0.05) is 6.54 Å². The Labute approximate surface area is 150 Å². The molecule has 1 aliphatic heterocycles. The number of ether oxygens (including phenoxy) is 1. The lowest BCUT2D eigenvalue weighted by atomic mass is 10.1. The van der Waals surface area contributed by atoms with Crippen LogP contribution in [0.4, 0.5) is 0 Å². The van der Waals surface area contributed by atoms with Crippen molar-refractivity contribution in [2.45, 2.75) is 20.3 Å². The van der Waals surface area contributed by atoms with Crippen LogP contribution in [0.3, 0.4) is 0 Å². The lowest BCUT2D eigenvalue weighted by Gasteiger charge is -2.13. The summed E-state index contributed by atoms with van der Waals surface area (Å²) in [6.07, 6.45) is -0.102. The first-order chi connectivity index (χ1) is 11.9. The summed E-state index contributed by atoms with van der Waals surface area (Å²) >= 11 is 5.99. The van der Waals surface area contributed by atoms with E-state index in [4.69, 9.17) is 16.3 Å². The quantitative estimate of drug-likeness (QED) is 0.477. The fourth-order valence-corrected chi connectivity index (χ4v) is 2.83. The number of imide groups is 1. The Morgan fingerprint density at radius 1 is 1.00 bits per heavy atom. The molecule has 6 heteroatoms. The van der Waals surface area contributed by atoms with E-state index in [1.54, 1.807) is 36.4 Å². The second kappa shape index (κ2) is 6.69. The molecule has 1 aliphatic rings. The Bertz CT molecular complexity index is 891. The van der Waals surface area contributed by atoms with Gasteiger partial charge in [-0.25, -0.2) is 0 Å². The van der Waals surface area contributed by atoms with Crippen LogP contribution in [0.5, 0.6) is 5.75 Å². The second-order valence-electron chi connectivity index (χ2n) is 5.97. The van der Waals surface area contributed by atoms with Crippen LogP contribution in [0.1, 0.15) is 38.3 Å². The number of aryl methyl sites for hydroxylation is 2. The van der Waals surface area contributed by atoms with E-state index in [0.29, 0.717) is 16.1 Å². The van der Waals surface area contributed by atoms with Crippen molar-refractivity contribution < 1.29 is 19.1 Å². The van der Waals surface area contributed by atoms with Gasteiger partial charge in [0.1, 0.15) is 5.75 Å². The van der Waals surface area contributed by atoms with E-state index in [2.05, 4.69) is 0 Å². The minimum absolute atomic E-state index is 0.0341.